The molecule has 100 valence electrons. The molecule has 2 rings (SSSR count). The van der Waals surface area contributed by atoms with Crippen LogP contribution in [0.5, 0.6) is 0 Å². The van der Waals surface area contributed by atoms with Crippen molar-refractivity contribution in [1.29, 1.82) is 0 Å². The standard InChI is InChI=1S/C13H19ClN2OS/c1-8(9-5-6-11(14)18-9)16-12(17)13(2)7-3-4-10(13)15/h5-6,8,10H,3-4,7,15H2,1-2H3,(H,16,17). The lowest BCUT2D eigenvalue weighted by molar-refractivity contribution is -0.131. The maximum Gasteiger partial charge on any atom is 0.228 e. The first-order valence-corrected chi connectivity index (χ1v) is 7.45. The molecule has 0 aromatic carbocycles. The lowest BCUT2D eigenvalue weighted by atomic mass is 9.84. The second-order valence-electron chi connectivity index (χ2n) is 5.25. The number of halogens is 1. The summed E-state index contributed by atoms with van der Waals surface area (Å²) in [7, 11) is 0. The first kappa shape index (κ1) is 13.8. The topological polar surface area (TPSA) is 55.1 Å². The lowest BCUT2D eigenvalue weighted by Gasteiger charge is -2.29. The van der Waals surface area contributed by atoms with Gasteiger partial charge < -0.3 is 11.1 Å². The minimum Gasteiger partial charge on any atom is -0.348 e. The predicted octanol–water partition coefficient (Wildman–Crippen LogP) is 3.10. The van der Waals surface area contributed by atoms with E-state index in [0.717, 1.165) is 28.5 Å². The number of rotatable bonds is 3. The molecule has 1 aromatic heterocycles. The van der Waals surface area contributed by atoms with Crippen molar-refractivity contribution in [3.63, 3.8) is 0 Å². The minimum absolute atomic E-state index is 0.0142. The van der Waals surface area contributed by atoms with Crippen LogP contribution in [0.4, 0.5) is 0 Å². The smallest absolute Gasteiger partial charge is 0.228 e. The van der Waals surface area contributed by atoms with E-state index < -0.39 is 5.41 Å². The van der Waals surface area contributed by atoms with Gasteiger partial charge >= 0.3 is 0 Å². The Labute approximate surface area is 117 Å². The van der Waals surface area contributed by atoms with Crippen molar-refractivity contribution in [2.75, 3.05) is 0 Å². The summed E-state index contributed by atoms with van der Waals surface area (Å²) in [6, 6.07) is 3.76. The monoisotopic (exact) mass is 286 g/mol. The molecular weight excluding hydrogens is 268 g/mol. The average Bonchev–Trinajstić information content (AvgIpc) is 2.87. The summed E-state index contributed by atoms with van der Waals surface area (Å²) in [5.41, 5.74) is 5.63. The first-order valence-electron chi connectivity index (χ1n) is 6.25. The third kappa shape index (κ3) is 2.56. The fraction of sp³-hybridized carbons (Fsp3) is 0.615. The van der Waals surface area contributed by atoms with Crippen LogP contribution in [0, 0.1) is 5.41 Å². The third-order valence-corrected chi connectivity index (χ3v) is 5.33. The van der Waals surface area contributed by atoms with Crippen molar-refractivity contribution in [2.24, 2.45) is 11.1 Å². The van der Waals surface area contributed by atoms with Gasteiger partial charge in [0.15, 0.2) is 0 Å². The second kappa shape index (κ2) is 5.19. The summed E-state index contributed by atoms with van der Waals surface area (Å²) in [5.74, 6) is 0.0597. The highest BCUT2D eigenvalue weighted by Gasteiger charge is 2.43. The van der Waals surface area contributed by atoms with Gasteiger partial charge in [-0.15, -0.1) is 11.3 Å². The van der Waals surface area contributed by atoms with Crippen molar-refractivity contribution >= 4 is 28.8 Å². The SMILES string of the molecule is CC(NC(=O)C1(C)CCCC1N)c1ccc(Cl)s1. The Morgan fingerprint density at radius 1 is 1.67 bits per heavy atom. The molecular formula is C13H19ClN2OS. The molecule has 1 aliphatic carbocycles. The van der Waals surface area contributed by atoms with Crippen LogP contribution in [-0.4, -0.2) is 11.9 Å². The van der Waals surface area contributed by atoms with Crippen molar-refractivity contribution in [3.8, 4) is 0 Å². The van der Waals surface area contributed by atoms with Gasteiger partial charge in [0.05, 0.1) is 15.8 Å². The number of hydrogen-bond acceptors (Lipinski definition) is 3. The summed E-state index contributed by atoms with van der Waals surface area (Å²) in [4.78, 5) is 13.4. The summed E-state index contributed by atoms with van der Waals surface area (Å²) in [5, 5.41) is 3.06. The van der Waals surface area contributed by atoms with Gasteiger partial charge in [0.2, 0.25) is 5.91 Å². The first-order chi connectivity index (χ1) is 8.43. The van der Waals surface area contributed by atoms with Gasteiger partial charge in [-0.1, -0.05) is 18.0 Å². The largest absolute Gasteiger partial charge is 0.348 e. The minimum atomic E-state index is -0.421. The van der Waals surface area contributed by atoms with E-state index in [1.54, 1.807) is 0 Å². The molecule has 0 spiro atoms. The molecule has 0 saturated heterocycles. The number of carbonyl (C=O) groups is 1. The van der Waals surface area contributed by atoms with Crippen LogP contribution in [0.3, 0.4) is 0 Å². The van der Waals surface area contributed by atoms with Gasteiger partial charge in [-0.05, 0) is 38.8 Å². The highest BCUT2D eigenvalue weighted by Crippen LogP contribution is 2.37. The van der Waals surface area contributed by atoms with E-state index >= 15 is 0 Å². The molecule has 5 heteroatoms. The zero-order chi connectivity index (χ0) is 13.3. The fourth-order valence-corrected chi connectivity index (χ4v) is 3.53. The van der Waals surface area contributed by atoms with Gasteiger partial charge in [0.1, 0.15) is 0 Å². The van der Waals surface area contributed by atoms with Crippen molar-refractivity contribution in [1.82, 2.24) is 5.32 Å². The molecule has 1 fully saturated rings. The van der Waals surface area contributed by atoms with Crippen molar-refractivity contribution < 1.29 is 4.79 Å². The number of thiophene rings is 1. The average molecular weight is 287 g/mol. The molecule has 1 heterocycles. The van der Waals surface area contributed by atoms with Gasteiger partial charge in [-0.3, -0.25) is 4.79 Å². The zero-order valence-corrected chi connectivity index (χ0v) is 12.3. The van der Waals surface area contributed by atoms with Crippen LogP contribution in [0.25, 0.3) is 0 Å². The number of nitrogens with one attached hydrogen (secondary N) is 1. The third-order valence-electron chi connectivity index (χ3n) is 3.92. The highest BCUT2D eigenvalue weighted by atomic mass is 35.5. The Hall–Kier alpha value is -0.580. The number of nitrogens with two attached hydrogens (primary N) is 1. The van der Waals surface area contributed by atoms with Gasteiger partial charge in [-0.25, -0.2) is 0 Å². The van der Waals surface area contributed by atoms with E-state index in [-0.39, 0.29) is 18.0 Å². The fourth-order valence-electron chi connectivity index (χ4n) is 2.47. The highest BCUT2D eigenvalue weighted by molar-refractivity contribution is 7.16. The maximum atomic E-state index is 12.3. The van der Waals surface area contributed by atoms with Crippen molar-refractivity contribution in [2.45, 2.75) is 45.2 Å². The number of hydrogen-bond donors (Lipinski definition) is 2. The summed E-state index contributed by atoms with van der Waals surface area (Å²) < 4.78 is 0.745. The molecule has 0 bridgehead atoms. The quantitative estimate of drug-likeness (QED) is 0.897. The van der Waals surface area contributed by atoms with E-state index in [9.17, 15) is 4.79 Å². The van der Waals surface area contributed by atoms with Crippen LogP contribution in [0.15, 0.2) is 12.1 Å². The van der Waals surface area contributed by atoms with E-state index in [4.69, 9.17) is 17.3 Å². The van der Waals surface area contributed by atoms with Crippen LogP contribution in [0.2, 0.25) is 4.34 Å². The zero-order valence-electron chi connectivity index (χ0n) is 10.7. The molecule has 1 aliphatic rings. The Kier molecular flexibility index (Phi) is 3.99. The summed E-state index contributed by atoms with van der Waals surface area (Å²) in [6.07, 6.45) is 2.84. The van der Waals surface area contributed by atoms with Crippen LogP contribution in [0.1, 0.15) is 44.0 Å². The van der Waals surface area contributed by atoms with Crippen LogP contribution < -0.4 is 11.1 Å². The predicted molar refractivity (Wildman–Crippen MR) is 75.8 cm³/mol. The molecule has 3 nitrogen and oxygen atoms in total. The second-order valence-corrected chi connectivity index (χ2v) is 7.00. The Morgan fingerprint density at radius 3 is 2.89 bits per heavy atom. The summed E-state index contributed by atoms with van der Waals surface area (Å²) >= 11 is 7.40. The lowest BCUT2D eigenvalue weighted by Crippen LogP contribution is -2.47. The summed E-state index contributed by atoms with van der Waals surface area (Å²) in [6.45, 7) is 3.94. The number of carbonyl (C=O) groups excluding carboxylic acids is 1. The molecule has 0 radical (unpaired) electrons. The van der Waals surface area contributed by atoms with E-state index in [2.05, 4.69) is 5.32 Å². The van der Waals surface area contributed by atoms with Crippen LogP contribution >= 0.6 is 22.9 Å². The molecule has 0 aliphatic heterocycles. The molecule has 18 heavy (non-hydrogen) atoms. The van der Waals surface area contributed by atoms with Crippen molar-refractivity contribution in [3.05, 3.63) is 21.3 Å². The van der Waals surface area contributed by atoms with Gasteiger partial charge in [0, 0.05) is 10.9 Å². The van der Waals surface area contributed by atoms with E-state index in [1.807, 2.05) is 26.0 Å². The van der Waals surface area contributed by atoms with E-state index in [0.29, 0.717) is 0 Å². The maximum absolute atomic E-state index is 12.3. The van der Waals surface area contributed by atoms with Gasteiger partial charge in [-0.2, -0.15) is 0 Å². The molecule has 1 amide bonds. The Bertz CT molecular complexity index is 448. The molecule has 3 atom stereocenters. The normalized spacial score (nSPS) is 29.2. The molecule has 3 unspecified atom stereocenters. The van der Waals surface area contributed by atoms with Gasteiger partial charge in [0.25, 0.3) is 0 Å². The molecule has 3 N–H and O–H groups in total. The Morgan fingerprint density at radius 2 is 2.39 bits per heavy atom. The number of amides is 1. The Balaban J connectivity index is 2.03. The molecule has 1 aromatic rings. The molecule has 1 saturated carbocycles. The van der Waals surface area contributed by atoms with E-state index in [1.165, 1.54) is 11.3 Å². The van der Waals surface area contributed by atoms with Crippen LogP contribution in [-0.2, 0) is 4.79 Å².